The lowest BCUT2D eigenvalue weighted by atomic mass is 10.1. The first-order chi connectivity index (χ1) is 10.5. The molecule has 0 aliphatic rings. The Kier molecular flexibility index (Phi) is 3.98. The third-order valence-electron chi connectivity index (χ3n) is 3.70. The van der Waals surface area contributed by atoms with Gasteiger partial charge in [-0.2, -0.15) is 0 Å². The van der Waals surface area contributed by atoms with Crippen molar-refractivity contribution < 1.29 is 9.32 Å². The predicted octanol–water partition coefficient (Wildman–Crippen LogP) is 3.93. The highest BCUT2D eigenvalue weighted by Crippen LogP contribution is 2.26. The van der Waals surface area contributed by atoms with E-state index in [2.05, 4.69) is 30.4 Å². The van der Waals surface area contributed by atoms with Gasteiger partial charge in [0.2, 0.25) is 5.91 Å². The highest BCUT2D eigenvalue weighted by molar-refractivity contribution is 7.12. The smallest absolute Gasteiger partial charge is 0.226 e. The molecule has 1 amide bonds. The van der Waals surface area contributed by atoms with Crippen LogP contribution >= 0.6 is 11.3 Å². The molecule has 2 aromatic heterocycles. The van der Waals surface area contributed by atoms with Crippen LogP contribution in [-0.2, 0) is 11.2 Å². The number of rotatable bonds is 4. The van der Waals surface area contributed by atoms with Crippen molar-refractivity contribution in [2.45, 2.75) is 33.2 Å². The summed E-state index contributed by atoms with van der Waals surface area (Å²) in [6.45, 7) is 6.17. The SMILES string of the molecule is Cc1cc([C@@H](C)NC(=O)Cc2noc3ccccc23)c(C)s1. The quantitative estimate of drug-likeness (QED) is 0.794. The van der Waals surface area contributed by atoms with Crippen molar-refractivity contribution in [2.75, 3.05) is 0 Å². The van der Waals surface area contributed by atoms with Crippen LogP contribution in [0.1, 0.15) is 34.0 Å². The van der Waals surface area contributed by atoms with Gasteiger partial charge in [0.05, 0.1) is 12.5 Å². The average Bonchev–Trinajstić information content (AvgIpc) is 3.02. The lowest BCUT2D eigenvalue weighted by molar-refractivity contribution is -0.121. The Bertz CT molecular complexity index is 819. The molecule has 0 saturated carbocycles. The van der Waals surface area contributed by atoms with E-state index in [-0.39, 0.29) is 18.4 Å². The van der Waals surface area contributed by atoms with Gasteiger partial charge in [0.15, 0.2) is 5.58 Å². The lowest BCUT2D eigenvalue weighted by Crippen LogP contribution is -2.28. The Balaban J connectivity index is 1.71. The summed E-state index contributed by atoms with van der Waals surface area (Å²) < 4.78 is 5.23. The molecule has 0 bridgehead atoms. The molecule has 0 aliphatic heterocycles. The second kappa shape index (κ2) is 5.93. The lowest BCUT2D eigenvalue weighted by Gasteiger charge is -2.13. The Morgan fingerprint density at radius 3 is 2.86 bits per heavy atom. The molecule has 1 N–H and O–H groups in total. The van der Waals surface area contributed by atoms with E-state index in [1.807, 2.05) is 31.2 Å². The summed E-state index contributed by atoms with van der Waals surface area (Å²) in [6.07, 6.45) is 0.226. The fourth-order valence-electron chi connectivity index (χ4n) is 2.67. The van der Waals surface area contributed by atoms with Gasteiger partial charge in [-0.25, -0.2) is 0 Å². The van der Waals surface area contributed by atoms with Crippen molar-refractivity contribution in [3.05, 3.63) is 51.3 Å². The average molecular weight is 314 g/mol. The van der Waals surface area contributed by atoms with E-state index in [1.165, 1.54) is 15.3 Å². The summed E-state index contributed by atoms with van der Waals surface area (Å²) >= 11 is 1.75. The Hall–Kier alpha value is -2.14. The van der Waals surface area contributed by atoms with Crippen LogP contribution in [0.25, 0.3) is 11.0 Å². The molecular formula is C17H18N2O2S. The topological polar surface area (TPSA) is 55.1 Å². The molecule has 0 fully saturated rings. The molecule has 0 aliphatic carbocycles. The Labute approximate surface area is 133 Å². The van der Waals surface area contributed by atoms with Gasteiger partial charge < -0.3 is 9.84 Å². The zero-order valence-electron chi connectivity index (χ0n) is 12.8. The van der Waals surface area contributed by atoms with Crippen LogP contribution < -0.4 is 5.32 Å². The number of aryl methyl sites for hydroxylation is 2. The first kappa shape index (κ1) is 14.8. The maximum Gasteiger partial charge on any atom is 0.226 e. The van der Waals surface area contributed by atoms with E-state index < -0.39 is 0 Å². The molecule has 1 aromatic carbocycles. The van der Waals surface area contributed by atoms with Crippen LogP contribution in [0.5, 0.6) is 0 Å². The first-order valence-electron chi connectivity index (χ1n) is 7.24. The molecule has 0 saturated heterocycles. The van der Waals surface area contributed by atoms with Crippen molar-refractivity contribution in [1.29, 1.82) is 0 Å². The number of para-hydroxylation sites is 1. The van der Waals surface area contributed by atoms with Gasteiger partial charge in [0.1, 0.15) is 5.69 Å². The molecule has 5 heteroatoms. The number of benzene rings is 1. The van der Waals surface area contributed by atoms with Gasteiger partial charge in [-0.3, -0.25) is 4.79 Å². The number of carbonyl (C=O) groups is 1. The number of thiophene rings is 1. The number of carbonyl (C=O) groups excluding carboxylic acids is 1. The summed E-state index contributed by atoms with van der Waals surface area (Å²) in [5.41, 5.74) is 2.57. The van der Waals surface area contributed by atoms with E-state index in [9.17, 15) is 4.79 Å². The number of nitrogens with zero attached hydrogens (tertiary/aromatic N) is 1. The summed E-state index contributed by atoms with van der Waals surface area (Å²) in [6, 6.07) is 9.71. The maximum absolute atomic E-state index is 12.3. The van der Waals surface area contributed by atoms with Crippen molar-refractivity contribution in [3.63, 3.8) is 0 Å². The second-order valence-electron chi connectivity index (χ2n) is 5.46. The highest BCUT2D eigenvalue weighted by Gasteiger charge is 2.16. The standard InChI is InChI=1S/C17H18N2O2S/c1-10-8-14(12(3)22-10)11(2)18-17(20)9-15-13-6-4-5-7-16(13)21-19-15/h4-8,11H,9H2,1-3H3,(H,18,20)/t11-/m1/s1. The van der Waals surface area contributed by atoms with Crippen LogP contribution in [-0.4, -0.2) is 11.1 Å². The molecule has 3 rings (SSSR count). The number of hydrogen-bond donors (Lipinski definition) is 1. The van der Waals surface area contributed by atoms with Gasteiger partial charge in [-0.05, 0) is 44.5 Å². The predicted molar refractivity (Wildman–Crippen MR) is 88.1 cm³/mol. The zero-order valence-corrected chi connectivity index (χ0v) is 13.7. The summed E-state index contributed by atoms with van der Waals surface area (Å²) in [7, 11) is 0. The van der Waals surface area contributed by atoms with E-state index in [4.69, 9.17) is 4.52 Å². The molecule has 3 aromatic rings. The van der Waals surface area contributed by atoms with Gasteiger partial charge in [-0.1, -0.05) is 17.3 Å². The van der Waals surface area contributed by atoms with Crippen LogP contribution in [0.2, 0.25) is 0 Å². The molecule has 0 radical (unpaired) electrons. The minimum absolute atomic E-state index is 0.00406. The summed E-state index contributed by atoms with van der Waals surface area (Å²) in [5.74, 6) is -0.0465. The van der Waals surface area contributed by atoms with E-state index in [0.717, 1.165) is 5.39 Å². The van der Waals surface area contributed by atoms with E-state index in [0.29, 0.717) is 11.3 Å². The largest absolute Gasteiger partial charge is 0.356 e. The fraction of sp³-hybridized carbons (Fsp3) is 0.294. The third-order valence-corrected chi connectivity index (χ3v) is 4.69. The number of hydrogen-bond acceptors (Lipinski definition) is 4. The molecule has 2 heterocycles. The van der Waals surface area contributed by atoms with Crippen molar-refractivity contribution in [3.8, 4) is 0 Å². The molecular weight excluding hydrogens is 296 g/mol. The first-order valence-corrected chi connectivity index (χ1v) is 8.06. The van der Waals surface area contributed by atoms with Gasteiger partial charge in [0, 0.05) is 15.1 Å². The number of nitrogens with one attached hydrogen (secondary N) is 1. The van der Waals surface area contributed by atoms with E-state index >= 15 is 0 Å². The van der Waals surface area contributed by atoms with E-state index in [1.54, 1.807) is 11.3 Å². The molecule has 0 unspecified atom stereocenters. The molecule has 114 valence electrons. The van der Waals surface area contributed by atoms with Crippen molar-refractivity contribution >= 4 is 28.2 Å². The summed E-state index contributed by atoms with van der Waals surface area (Å²) in [5, 5.41) is 7.94. The van der Waals surface area contributed by atoms with Gasteiger partial charge in [0.25, 0.3) is 0 Å². The number of aromatic nitrogens is 1. The number of fused-ring (bicyclic) bond motifs is 1. The van der Waals surface area contributed by atoms with Crippen molar-refractivity contribution in [2.24, 2.45) is 0 Å². The fourth-order valence-corrected chi connectivity index (χ4v) is 3.69. The number of amides is 1. The van der Waals surface area contributed by atoms with Gasteiger partial charge in [-0.15, -0.1) is 11.3 Å². The summed E-state index contributed by atoms with van der Waals surface area (Å²) in [4.78, 5) is 14.8. The molecule has 1 atom stereocenters. The maximum atomic E-state index is 12.3. The molecule has 4 nitrogen and oxygen atoms in total. The van der Waals surface area contributed by atoms with Crippen LogP contribution in [0, 0.1) is 13.8 Å². The zero-order chi connectivity index (χ0) is 15.7. The molecule has 22 heavy (non-hydrogen) atoms. The van der Waals surface area contributed by atoms with Gasteiger partial charge >= 0.3 is 0 Å². The normalized spacial score (nSPS) is 12.5. The monoisotopic (exact) mass is 314 g/mol. The second-order valence-corrected chi connectivity index (χ2v) is 6.92. The third kappa shape index (κ3) is 2.90. The minimum atomic E-state index is -0.0465. The van der Waals surface area contributed by atoms with Crippen molar-refractivity contribution in [1.82, 2.24) is 10.5 Å². The van der Waals surface area contributed by atoms with Crippen LogP contribution in [0.15, 0.2) is 34.9 Å². The Morgan fingerprint density at radius 1 is 1.36 bits per heavy atom. The van der Waals surface area contributed by atoms with Crippen LogP contribution in [0.3, 0.4) is 0 Å². The highest BCUT2D eigenvalue weighted by atomic mass is 32.1. The van der Waals surface area contributed by atoms with Crippen LogP contribution in [0.4, 0.5) is 0 Å². The minimum Gasteiger partial charge on any atom is -0.356 e. The Morgan fingerprint density at radius 2 is 2.14 bits per heavy atom. The molecule has 0 spiro atoms.